The van der Waals surface area contributed by atoms with E-state index in [4.69, 9.17) is 5.11 Å². The summed E-state index contributed by atoms with van der Waals surface area (Å²) in [6.07, 6.45) is 1.16. The molecule has 0 aliphatic carbocycles. The number of piperidine rings is 1. The minimum Gasteiger partial charge on any atom is -0.481 e. The molecule has 0 spiro atoms. The van der Waals surface area contributed by atoms with Crippen LogP contribution >= 0.6 is 0 Å². The lowest BCUT2D eigenvalue weighted by molar-refractivity contribution is -0.389. The SMILES string of the molecule is O=C(O)C1CCCN(C(=O)c2ccc([N+](=O)[O-])[nH]2)C1. The third-order valence-corrected chi connectivity index (χ3v) is 3.16. The summed E-state index contributed by atoms with van der Waals surface area (Å²) in [5.41, 5.74) is 0.109. The van der Waals surface area contributed by atoms with Crippen LogP contribution in [0.1, 0.15) is 23.3 Å². The summed E-state index contributed by atoms with van der Waals surface area (Å²) in [4.78, 5) is 36.7. The number of hydrogen-bond acceptors (Lipinski definition) is 4. The largest absolute Gasteiger partial charge is 0.481 e. The molecule has 0 radical (unpaired) electrons. The minimum atomic E-state index is -0.921. The van der Waals surface area contributed by atoms with Crippen LogP contribution in [0.5, 0.6) is 0 Å². The number of hydrogen-bond donors (Lipinski definition) is 2. The molecule has 1 unspecified atom stereocenters. The van der Waals surface area contributed by atoms with Gasteiger partial charge in [-0.25, -0.2) is 4.98 Å². The normalized spacial score (nSPS) is 19.2. The Kier molecular flexibility index (Phi) is 3.50. The van der Waals surface area contributed by atoms with Crippen molar-refractivity contribution in [3.05, 3.63) is 27.9 Å². The van der Waals surface area contributed by atoms with E-state index in [1.54, 1.807) is 0 Å². The molecule has 19 heavy (non-hydrogen) atoms. The smallest absolute Gasteiger partial charge is 0.321 e. The number of carbonyl (C=O) groups excluding carboxylic acids is 1. The van der Waals surface area contributed by atoms with E-state index in [2.05, 4.69) is 4.98 Å². The summed E-state index contributed by atoms with van der Waals surface area (Å²) in [5.74, 6) is -2.15. The molecule has 1 saturated heterocycles. The van der Waals surface area contributed by atoms with Crippen molar-refractivity contribution >= 4 is 17.7 Å². The molecule has 1 aliphatic heterocycles. The lowest BCUT2D eigenvalue weighted by Gasteiger charge is -2.29. The summed E-state index contributed by atoms with van der Waals surface area (Å²) in [7, 11) is 0. The molecule has 1 aliphatic rings. The maximum absolute atomic E-state index is 12.1. The van der Waals surface area contributed by atoms with Crippen LogP contribution in [0.3, 0.4) is 0 Å². The summed E-state index contributed by atoms with van der Waals surface area (Å²) < 4.78 is 0. The monoisotopic (exact) mass is 267 g/mol. The van der Waals surface area contributed by atoms with Crippen molar-refractivity contribution in [2.45, 2.75) is 12.8 Å². The molecule has 0 saturated carbocycles. The van der Waals surface area contributed by atoms with Gasteiger partial charge in [-0.1, -0.05) is 0 Å². The van der Waals surface area contributed by atoms with Crippen molar-refractivity contribution in [1.29, 1.82) is 0 Å². The number of aliphatic carboxylic acids is 1. The lowest BCUT2D eigenvalue weighted by atomic mass is 9.98. The third kappa shape index (κ3) is 2.72. The van der Waals surface area contributed by atoms with E-state index in [-0.39, 0.29) is 18.1 Å². The Balaban J connectivity index is 2.10. The first-order chi connectivity index (χ1) is 8.99. The number of carbonyl (C=O) groups is 2. The predicted molar refractivity (Wildman–Crippen MR) is 63.7 cm³/mol. The average Bonchev–Trinajstić information content (AvgIpc) is 2.87. The van der Waals surface area contributed by atoms with Crippen LogP contribution in [0, 0.1) is 16.0 Å². The standard InChI is InChI=1S/C11H13N3O5/c15-10(8-3-4-9(12-8)14(18)19)13-5-1-2-7(6-13)11(16)17/h3-4,7,12H,1-2,5-6H2,(H,16,17). The van der Waals surface area contributed by atoms with Crippen molar-refractivity contribution in [2.24, 2.45) is 5.92 Å². The zero-order valence-corrected chi connectivity index (χ0v) is 10.0. The first kappa shape index (κ1) is 13.1. The number of nitrogens with zero attached hydrogens (tertiary/aromatic N) is 2. The molecule has 1 aromatic rings. The first-order valence-electron chi connectivity index (χ1n) is 5.84. The molecule has 8 nitrogen and oxygen atoms in total. The van der Waals surface area contributed by atoms with E-state index in [0.717, 1.165) is 0 Å². The van der Waals surface area contributed by atoms with Crippen LogP contribution in [0.2, 0.25) is 0 Å². The van der Waals surface area contributed by atoms with E-state index in [1.807, 2.05) is 0 Å². The van der Waals surface area contributed by atoms with E-state index in [9.17, 15) is 19.7 Å². The van der Waals surface area contributed by atoms with Crippen molar-refractivity contribution in [3.63, 3.8) is 0 Å². The van der Waals surface area contributed by atoms with Gasteiger partial charge in [0.1, 0.15) is 0 Å². The Morgan fingerprint density at radius 3 is 2.79 bits per heavy atom. The number of likely N-dealkylation sites (tertiary alicyclic amines) is 1. The molecule has 1 atom stereocenters. The Bertz CT molecular complexity index is 524. The number of nitrogens with one attached hydrogen (secondary N) is 1. The predicted octanol–water partition coefficient (Wildman–Crippen LogP) is 0.860. The summed E-state index contributed by atoms with van der Waals surface area (Å²) in [6.45, 7) is 0.608. The van der Waals surface area contributed by atoms with Gasteiger partial charge in [0.2, 0.25) is 0 Å². The zero-order valence-electron chi connectivity index (χ0n) is 10.0. The third-order valence-electron chi connectivity index (χ3n) is 3.16. The molecule has 1 aromatic heterocycles. The van der Waals surface area contributed by atoms with Crippen molar-refractivity contribution < 1.29 is 19.6 Å². The molecular weight excluding hydrogens is 254 g/mol. The van der Waals surface area contributed by atoms with Crippen LogP contribution < -0.4 is 0 Å². The lowest BCUT2D eigenvalue weighted by Crippen LogP contribution is -2.42. The Morgan fingerprint density at radius 1 is 1.47 bits per heavy atom. The average molecular weight is 267 g/mol. The Labute approximate surface area is 108 Å². The van der Waals surface area contributed by atoms with Gasteiger partial charge in [-0.15, -0.1) is 0 Å². The molecule has 0 bridgehead atoms. The van der Waals surface area contributed by atoms with E-state index >= 15 is 0 Å². The van der Waals surface area contributed by atoms with E-state index < -0.39 is 22.7 Å². The van der Waals surface area contributed by atoms with Crippen LogP contribution in [0.4, 0.5) is 5.82 Å². The summed E-state index contributed by atoms with van der Waals surface area (Å²) in [5, 5.41) is 19.5. The molecule has 2 N–H and O–H groups in total. The molecule has 2 rings (SSSR count). The van der Waals surface area contributed by atoms with Crippen molar-refractivity contribution in [2.75, 3.05) is 13.1 Å². The highest BCUT2D eigenvalue weighted by Gasteiger charge is 2.30. The topological polar surface area (TPSA) is 117 Å². The van der Waals surface area contributed by atoms with Crippen molar-refractivity contribution in [3.8, 4) is 0 Å². The van der Waals surface area contributed by atoms with Crippen molar-refractivity contribution in [1.82, 2.24) is 9.88 Å². The fraction of sp³-hybridized carbons (Fsp3) is 0.455. The van der Waals surface area contributed by atoms with Gasteiger partial charge in [0, 0.05) is 19.2 Å². The Morgan fingerprint density at radius 2 is 2.21 bits per heavy atom. The molecular formula is C11H13N3O5. The molecule has 1 fully saturated rings. The molecule has 102 valence electrons. The molecule has 1 amide bonds. The molecule has 2 heterocycles. The van der Waals surface area contributed by atoms with Gasteiger partial charge in [0.15, 0.2) is 5.69 Å². The summed E-state index contributed by atoms with van der Waals surface area (Å²) in [6, 6.07) is 2.55. The second-order valence-electron chi connectivity index (χ2n) is 4.44. The highest BCUT2D eigenvalue weighted by molar-refractivity contribution is 5.93. The highest BCUT2D eigenvalue weighted by Crippen LogP contribution is 2.19. The van der Waals surface area contributed by atoms with Crippen LogP contribution in [-0.2, 0) is 4.79 Å². The van der Waals surface area contributed by atoms with Gasteiger partial charge < -0.3 is 20.1 Å². The second kappa shape index (κ2) is 5.09. The van der Waals surface area contributed by atoms with E-state index in [1.165, 1.54) is 17.0 Å². The van der Waals surface area contributed by atoms with E-state index in [0.29, 0.717) is 19.4 Å². The Hall–Kier alpha value is -2.38. The second-order valence-corrected chi connectivity index (χ2v) is 4.44. The quantitative estimate of drug-likeness (QED) is 0.622. The van der Waals surface area contributed by atoms with Crippen LogP contribution in [0.25, 0.3) is 0 Å². The molecule has 0 aromatic carbocycles. The number of aromatic amines is 1. The highest BCUT2D eigenvalue weighted by atomic mass is 16.6. The maximum Gasteiger partial charge on any atom is 0.321 e. The van der Waals surface area contributed by atoms with Gasteiger partial charge in [-0.3, -0.25) is 9.59 Å². The van der Waals surface area contributed by atoms with Gasteiger partial charge >= 0.3 is 11.8 Å². The minimum absolute atomic E-state index is 0.109. The van der Waals surface area contributed by atoms with Crippen LogP contribution in [0.15, 0.2) is 12.1 Å². The maximum atomic E-state index is 12.1. The first-order valence-corrected chi connectivity index (χ1v) is 5.84. The number of rotatable bonds is 3. The fourth-order valence-electron chi connectivity index (χ4n) is 2.15. The van der Waals surface area contributed by atoms with Gasteiger partial charge in [-0.2, -0.15) is 0 Å². The zero-order chi connectivity index (χ0) is 14.0. The number of nitro groups is 1. The fourth-order valence-corrected chi connectivity index (χ4v) is 2.15. The van der Waals surface area contributed by atoms with Crippen LogP contribution in [-0.4, -0.2) is 44.9 Å². The molecule has 8 heteroatoms. The number of carboxylic acid groups (broad SMARTS) is 1. The number of amides is 1. The number of H-pyrrole nitrogens is 1. The summed E-state index contributed by atoms with van der Waals surface area (Å²) >= 11 is 0. The number of aromatic nitrogens is 1. The van der Waals surface area contributed by atoms with Gasteiger partial charge in [0.25, 0.3) is 5.91 Å². The van der Waals surface area contributed by atoms with Gasteiger partial charge in [0.05, 0.1) is 5.92 Å². The van der Waals surface area contributed by atoms with Gasteiger partial charge in [-0.05, 0) is 23.8 Å². The number of carboxylic acids is 1.